The van der Waals surface area contributed by atoms with Crippen molar-refractivity contribution in [1.29, 1.82) is 0 Å². The van der Waals surface area contributed by atoms with Crippen LogP contribution in [0.2, 0.25) is 0 Å². The van der Waals surface area contributed by atoms with Crippen LogP contribution < -0.4 is 15.2 Å². The van der Waals surface area contributed by atoms with Crippen molar-refractivity contribution in [2.45, 2.75) is 38.8 Å². The number of aliphatic hydroxyl groups is 1. The van der Waals surface area contributed by atoms with E-state index in [0.29, 0.717) is 12.2 Å². The maximum atomic E-state index is 12.3. The summed E-state index contributed by atoms with van der Waals surface area (Å²) in [6.45, 7) is 3.70. The summed E-state index contributed by atoms with van der Waals surface area (Å²) in [5, 5.41) is 10.1. The molecule has 0 saturated heterocycles. The number of hydrogen-bond donors (Lipinski definition) is 2. The highest BCUT2D eigenvalue weighted by atomic mass is 19.4. The second-order valence-corrected chi connectivity index (χ2v) is 4.85. The Morgan fingerprint density at radius 1 is 1.33 bits per heavy atom. The van der Waals surface area contributed by atoms with E-state index >= 15 is 0 Å². The molecule has 0 heterocycles. The number of benzene rings is 1. The second-order valence-electron chi connectivity index (χ2n) is 4.85. The van der Waals surface area contributed by atoms with E-state index in [0.717, 1.165) is 12.1 Å². The Hall–Kier alpha value is -1.47. The van der Waals surface area contributed by atoms with Crippen LogP contribution >= 0.6 is 0 Å². The summed E-state index contributed by atoms with van der Waals surface area (Å²) in [6, 6.07) is 2.74. The molecule has 1 rings (SSSR count). The van der Waals surface area contributed by atoms with E-state index in [1.165, 1.54) is 13.2 Å². The minimum absolute atomic E-state index is 0.100. The molecule has 0 aliphatic rings. The van der Waals surface area contributed by atoms with Gasteiger partial charge in [0.2, 0.25) is 0 Å². The van der Waals surface area contributed by atoms with Gasteiger partial charge in [0.25, 0.3) is 0 Å². The summed E-state index contributed by atoms with van der Waals surface area (Å²) in [6.07, 6.45) is -4.99. The van der Waals surface area contributed by atoms with Gasteiger partial charge < -0.3 is 20.3 Å². The molecule has 0 spiro atoms. The minimum Gasteiger partial charge on any atom is -0.496 e. The summed E-state index contributed by atoms with van der Waals surface area (Å²) in [7, 11) is 1.38. The molecule has 0 amide bonds. The van der Waals surface area contributed by atoms with Crippen LogP contribution in [-0.4, -0.2) is 24.7 Å². The Morgan fingerprint density at radius 2 is 1.95 bits per heavy atom. The Morgan fingerprint density at radius 3 is 2.43 bits per heavy atom. The lowest BCUT2D eigenvalue weighted by Crippen LogP contribution is -2.32. The van der Waals surface area contributed by atoms with Crippen LogP contribution in [0.3, 0.4) is 0 Å². The van der Waals surface area contributed by atoms with Gasteiger partial charge >= 0.3 is 6.36 Å². The van der Waals surface area contributed by atoms with E-state index in [2.05, 4.69) is 4.74 Å². The van der Waals surface area contributed by atoms with Gasteiger partial charge in [-0.05, 0) is 24.1 Å². The highest BCUT2D eigenvalue weighted by Crippen LogP contribution is 2.34. The van der Waals surface area contributed by atoms with E-state index in [1.807, 2.05) is 13.8 Å². The quantitative estimate of drug-likeness (QED) is 0.848. The van der Waals surface area contributed by atoms with Gasteiger partial charge in [0.1, 0.15) is 11.5 Å². The largest absolute Gasteiger partial charge is 0.573 e. The van der Waals surface area contributed by atoms with Crippen LogP contribution in [0.1, 0.15) is 31.9 Å². The van der Waals surface area contributed by atoms with E-state index in [1.54, 1.807) is 0 Å². The topological polar surface area (TPSA) is 64.7 Å². The number of alkyl halides is 3. The van der Waals surface area contributed by atoms with Crippen molar-refractivity contribution in [1.82, 2.24) is 0 Å². The van der Waals surface area contributed by atoms with E-state index in [-0.39, 0.29) is 11.5 Å². The predicted molar refractivity (Wildman–Crippen MR) is 72.1 cm³/mol. The van der Waals surface area contributed by atoms with Gasteiger partial charge in [-0.15, -0.1) is 13.2 Å². The van der Waals surface area contributed by atoms with Gasteiger partial charge in [0, 0.05) is 5.56 Å². The van der Waals surface area contributed by atoms with Crippen molar-refractivity contribution in [3.63, 3.8) is 0 Å². The standard InChI is InChI=1S/C14H20F3NO3/c1-4-8(2)13(19)12(18)10-7-9(21-14(15,16)17)5-6-11(10)20-3/h5-8,12-13,19H,4,18H2,1-3H3/t8?,12-,13+/m0/s1. The number of aliphatic hydroxyl groups excluding tert-OH is 1. The Balaban J connectivity index is 3.10. The van der Waals surface area contributed by atoms with Crippen molar-refractivity contribution < 1.29 is 27.8 Å². The first-order valence-electron chi connectivity index (χ1n) is 6.57. The van der Waals surface area contributed by atoms with Gasteiger partial charge in [0.05, 0.1) is 19.3 Å². The number of halogens is 3. The molecule has 1 aromatic carbocycles. The second kappa shape index (κ2) is 7.00. The molecule has 0 fully saturated rings. The molecule has 3 N–H and O–H groups in total. The third-order valence-corrected chi connectivity index (χ3v) is 3.39. The number of rotatable bonds is 6. The maximum Gasteiger partial charge on any atom is 0.573 e. The molecule has 0 aromatic heterocycles. The van der Waals surface area contributed by atoms with Crippen molar-refractivity contribution in [3.05, 3.63) is 23.8 Å². The molecule has 0 aliphatic carbocycles. The zero-order valence-electron chi connectivity index (χ0n) is 12.1. The number of nitrogens with two attached hydrogens (primary N) is 1. The Kier molecular flexibility index (Phi) is 5.86. The highest BCUT2D eigenvalue weighted by Gasteiger charge is 2.32. The first-order valence-corrected chi connectivity index (χ1v) is 6.57. The van der Waals surface area contributed by atoms with Gasteiger partial charge in [-0.3, -0.25) is 0 Å². The molecular weight excluding hydrogens is 287 g/mol. The normalized spacial score (nSPS) is 16.2. The fourth-order valence-electron chi connectivity index (χ4n) is 1.95. The molecule has 0 radical (unpaired) electrons. The summed E-state index contributed by atoms with van der Waals surface area (Å²) in [5.74, 6) is -0.193. The van der Waals surface area contributed by atoms with E-state index in [9.17, 15) is 18.3 Å². The van der Waals surface area contributed by atoms with Crippen LogP contribution in [0, 0.1) is 5.92 Å². The van der Waals surface area contributed by atoms with Gasteiger partial charge in [-0.2, -0.15) is 0 Å². The Bertz CT molecular complexity index is 465. The molecule has 21 heavy (non-hydrogen) atoms. The van der Waals surface area contributed by atoms with Crippen LogP contribution in [0.25, 0.3) is 0 Å². The van der Waals surface area contributed by atoms with E-state index in [4.69, 9.17) is 10.5 Å². The molecule has 0 bridgehead atoms. The molecule has 0 saturated carbocycles. The molecule has 3 atom stereocenters. The van der Waals surface area contributed by atoms with Gasteiger partial charge in [-0.25, -0.2) is 0 Å². The van der Waals surface area contributed by atoms with E-state index < -0.39 is 24.3 Å². The highest BCUT2D eigenvalue weighted by molar-refractivity contribution is 5.42. The van der Waals surface area contributed by atoms with Crippen molar-refractivity contribution in [2.24, 2.45) is 11.7 Å². The molecule has 1 aromatic rings. The lowest BCUT2D eigenvalue weighted by atomic mass is 9.91. The summed E-state index contributed by atoms with van der Waals surface area (Å²) in [5.41, 5.74) is 6.23. The molecule has 1 unspecified atom stereocenters. The summed E-state index contributed by atoms with van der Waals surface area (Å²) in [4.78, 5) is 0. The fourth-order valence-corrected chi connectivity index (χ4v) is 1.95. The van der Waals surface area contributed by atoms with Gasteiger partial charge in [0.15, 0.2) is 0 Å². The first kappa shape index (κ1) is 17.6. The SMILES string of the molecule is CCC(C)[C@@H](O)[C@@H](N)c1cc(OC(F)(F)F)ccc1OC. The van der Waals surface area contributed by atoms with Crippen molar-refractivity contribution in [2.75, 3.05) is 7.11 Å². The molecular formula is C14H20F3NO3. The molecule has 4 nitrogen and oxygen atoms in total. The lowest BCUT2D eigenvalue weighted by Gasteiger charge is -2.26. The Labute approximate surface area is 121 Å². The molecule has 0 aliphatic heterocycles. The lowest BCUT2D eigenvalue weighted by molar-refractivity contribution is -0.274. The number of hydrogen-bond acceptors (Lipinski definition) is 4. The molecule has 120 valence electrons. The smallest absolute Gasteiger partial charge is 0.496 e. The molecule has 7 heteroatoms. The fraction of sp³-hybridized carbons (Fsp3) is 0.571. The average molecular weight is 307 g/mol. The van der Waals surface area contributed by atoms with Crippen molar-refractivity contribution in [3.8, 4) is 11.5 Å². The van der Waals surface area contributed by atoms with Crippen molar-refractivity contribution >= 4 is 0 Å². The number of ether oxygens (including phenoxy) is 2. The predicted octanol–water partition coefficient (Wildman–Crippen LogP) is 3.00. The zero-order valence-corrected chi connectivity index (χ0v) is 12.1. The monoisotopic (exact) mass is 307 g/mol. The third kappa shape index (κ3) is 4.78. The van der Waals surface area contributed by atoms with Crippen LogP contribution in [0.5, 0.6) is 11.5 Å². The number of methoxy groups -OCH3 is 1. The van der Waals surface area contributed by atoms with Gasteiger partial charge in [-0.1, -0.05) is 20.3 Å². The van der Waals surface area contributed by atoms with Crippen LogP contribution in [0.4, 0.5) is 13.2 Å². The summed E-state index contributed by atoms with van der Waals surface area (Å²) >= 11 is 0. The van der Waals surface area contributed by atoms with Crippen LogP contribution in [0.15, 0.2) is 18.2 Å². The average Bonchev–Trinajstić information content (AvgIpc) is 2.43. The maximum absolute atomic E-state index is 12.3. The minimum atomic E-state index is -4.79. The van der Waals surface area contributed by atoms with Crippen LogP contribution in [-0.2, 0) is 0 Å². The first-order chi connectivity index (χ1) is 9.69. The third-order valence-electron chi connectivity index (χ3n) is 3.39. The summed E-state index contributed by atoms with van der Waals surface area (Å²) < 4.78 is 45.7. The zero-order chi connectivity index (χ0) is 16.2.